The molecule has 2 aliphatic rings. The Balaban J connectivity index is 0.00000144. The first-order chi connectivity index (χ1) is 7.58. The highest BCUT2D eigenvalue weighted by Gasteiger charge is 2.34. The Morgan fingerprint density at radius 1 is 1.24 bits per heavy atom. The van der Waals surface area contributed by atoms with Gasteiger partial charge in [0.05, 0.1) is 0 Å². The van der Waals surface area contributed by atoms with E-state index in [2.05, 4.69) is 18.7 Å². The second kappa shape index (κ2) is 6.37. The van der Waals surface area contributed by atoms with Crippen molar-refractivity contribution in [3.8, 4) is 0 Å². The lowest BCUT2D eigenvalue weighted by Gasteiger charge is -2.44. The van der Waals surface area contributed by atoms with Crippen LogP contribution in [-0.4, -0.2) is 43.8 Å². The van der Waals surface area contributed by atoms with Gasteiger partial charge in [-0.25, -0.2) is 0 Å². The molecular weight excluding hydrogens is 236 g/mol. The summed E-state index contributed by atoms with van der Waals surface area (Å²) in [7, 11) is 0. The predicted octanol–water partition coefficient (Wildman–Crippen LogP) is 1.89. The summed E-state index contributed by atoms with van der Waals surface area (Å²) in [4.78, 5) is 2.61. The Hall–Kier alpha value is 0.170. The van der Waals surface area contributed by atoms with Gasteiger partial charge in [-0.15, -0.1) is 12.4 Å². The highest BCUT2D eigenvalue weighted by atomic mass is 35.5. The normalized spacial score (nSPS) is 30.9. The molecule has 1 atom stereocenters. The summed E-state index contributed by atoms with van der Waals surface area (Å²) in [6.45, 7) is 10.1. The van der Waals surface area contributed by atoms with Gasteiger partial charge in [0.25, 0.3) is 0 Å². The third-order valence-corrected chi connectivity index (χ3v) is 4.25. The fraction of sp³-hybridized carbons (Fsp3) is 1.00. The molecule has 0 aromatic rings. The number of nitrogens with zero attached hydrogens (tertiary/aromatic N) is 1. The van der Waals surface area contributed by atoms with Crippen LogP contribution < -0.4 is 5.73 Å². The zero-order valence-corrected chi connectivity index (χ0v) is 12.0. The first-order valence-corrected chi connectivity index (χ1v) is 6.63. The summed E-state index contributed by atoms with van der Waals surface area (Å²) < 4.78 is 5.41. The molecule has 0 spiro atoms. The molecular formula is C13H27ClN2O. The van der Waals surface area contributed by atoms with E-state index in [9.17, 15) is 0 Å². The topological polar surface area (TPSA) is 38.5 Å². The van der Waals surface area contributed by atoms with Crippen LogP contribution in [0.1, 0.15) is 33.1 Å². The van der Waals surface area contributed by atoms with E-state index in [1.54, 1.807) is 0 Å². The van der Waals surface area contributed by atoms with Gasteiger partial charge < -0.3 is 15.4 Å². The molecule has 2 heterocycles. The molecule has 0 aromatic carbocycles. The number of nitrogens with two attached hydrogens (primary N) is 1. The van der Waals surface area contributed by atoms with Crippen LogP contribution in [0.2, 0.25) is 0 Å². The Kier molecular flexibility index (Phi) is 5.71. The van der Waals surface area contributed by atoms with Crippen molar-refractivity contribution in [3.63, 3.8) is 0 Å². The fourth-order valence-corrected chi connectivity index (χ4v) is 2.93. The summed E-state index contributed by atoms with van der Waals surface area (Å²) in [6, 6.07) is 0.374. The first kappa shape index (κ1) is 15.2. The average Bonchev–Trinajstić information content (AvgIpc) is 2.25. The van der Waals surface area contributed by atoms with Gasteiger partial charge in [-0.1, -0.05) is 13.8 Å². The third-order valence-electron chi connectivity index (χ3n) is 4.25. The summed E-state index contributed by atoms with van der Waals surface area (Å²) in [5, 5.41) is 0. The molecule has 0 bridgehead atoms. The van der Waals surface area contributed by atoms with Gasteiger partial charge in [0, 0.05) is 32.3 Å². The summed E-state index contributed by atoms with van der Waals surface area (Å²) >= 11 is 0. The molecule has 2 fully saturated rings. The maximum absolute atomic E-state index is 6.16. The van der Waals surface area contributed by atoms with Crippen molar-refractivity contribution in [1.82, 2.24) is 4.90 Å². The van der Waals surface area contributed by atoms with Crippen LogP contribution in [-0.2, 0) is 4.74 Å². The summed E-state index contributed by atoms with van der Waals surface area (Å²) in [5.41, 5.74) is 6.44. The zero-order valence-electron chi connectivity index (χ0n) is 11.2. The van der Waals surface area contributed by atoms with E-state index in [0.717, 1.165) is 32.1 Å². The standard InChI is InChI=1S/C13H26N2O.ClH/c1-13(2)10-15(6-3-12(13)14)9-11-4-7-16-8-5-11;/h11-12H,3-10,14H2,1-2H3;1H. The lowest BCUT2D eigenvalue weighted by Crippen LogP contribution is -2.53. The van der Waals surface area contributed by atoms with Crippen LogP contribution in [0.4, 0.5) is 0 Å². The second-order valence-electron chi connectivity index (χ2n) is 6.17. The fourth-order valence-electron chi connectivity index (χ4n) is 2.93. The minimum absolute atomic E-state index is 0. The van der Waals surface area contributed by atoms with Crippen LogP contribution in [0.25, 0.3) is 0 Å². The molecule has 0 aliphatic carbocycles. The lowest BCUT2D eigenvalue weighted by molar-refractivity contribution is 0.0316. The van der Waals surface area contributed by atoms with Gasteiger partial charge in [-0.3, -0.25) is 0 Å². The van der Waals surface area contributed by atoms with Crippen LogP contribution >= 0.6 is 12.4 Å². The molecule has 0 amide bonds. The molecule has 0 aromatic heterocycles. The molecule has 1 unspecified atom stereocenters. The van der Waals surface area contributed by atoms with Gasteiger partial charge >= 0.3 is 0 Å². The second-order valence-corrected chi connectivity index (χ2v) is 6.17. The van der Waals surface area contributed by atoms with E-state index in [4.69, 9.17) is 10.5 Å². The Morgan fingerprint density at radius 2 is 1.88 bits per heavy atom. The van der Waals surface area contributed by atoms with Crippen molar-refractivity contribution < 1.29 is 4.74 Å². The minimum Gasteiger partial charge on any atom is -0.381 e. The van der Waals surface area contributed by atoms with E-state index in [1.807, 2.05) is 0 Å². The summed E-state index contributed by atoms with van der Waals surface area (Å²) in [5.74, 6) is 0.846. The molecule has 0 radical (unpaired) electrons. The number of hydrogen-bond donors (Lipinski definition) is 1. The van der Waals surface area contributed by atoms with Gasteiger partial charge in [0.1, 0.15) is 0 Å². The number of rotatable bonds is 2. The average molecular weight is 263 g/mol. The molecule has 3 nitrogen and oxygen atoms in total. The smallest absolute Gasteiger partial charge is 0.0469 e. The molecule has 102 valence electrons. The monoisotopic (exact) mass is 262 g/mol. The van der Waals surface area contributed by atoms with E-state index in [0.29, 0.717) is 6.04 Å². The molecule has 4 heteroatoms. The minimum atomic E-state index is 0. The Labute approximate surface area is 111 Å². The highest BCUT2D eigenvalue weighted by Crippen LogP contribution is 2.29. The third kappa shape index (κ3) is 4.09. The lowest BCUT2D eigenvalue weighted by atomic mass is 9.79. The molecule has 17 heavy (non-hydrogen) atoms. The molecule has 2 saturated heterocycles. The predicted molar refractivity (Wildman–Crippen MR) is 73.6 cm³/mol. The van der Waals surface area contributed by atoms with Gasteiger partial charge in [0.15, 0.2) is 0 Å². The van der Waals surface area contributed by atoms with Gasteiger partial charge in [-0.05, 0) is 37.1 Å². The summed E-state index contributed by atoms with van der Waals surface area (Å²) in [6.07, 6.45) is 3.63. The highest BCUT2D eigenvalue weighted by molar-refractivity contribution is 5.85. The zero-order chi connectivity index (χ0) is 11.6. The van der Waals surface area contributed by atoms with Gasteiger partial charge in [0.2, 0.25) is 0 Å². The Bertz CT molecular complexity index is 229. The molecule has 2 rings (SSSR count). The maximum Gasteiger partial charge on any atom is 0.0469 e. The van der Waals surface area contributed by atoms with Crippen molar-refractivity contribution in [2.75, 3.05) is 32.8 Å². The first-order valence-electron chi connectivity index (χ1n) is 6.63. The number of likely N-dealkylation sites (tertiary alicyclic amines) is 1. The van der Waals surface area contributed by atoms with Crippen molar-refractivity contribution in [2.45, 2.75) is 39.2 Å². The number of hydrogen-bond acceptors (Lipinski definition) is 3. The van der Waals surface area contributed by atoms with E-state index < -0.39 is 0 Å². The Morgan fingerprint density at radius 3 is 2.47 bits per heavy atom. The van der Waals surface area contributed by atoms with Crippen LogP contribution in [0.5, 0.6) is 0 Å². The van der Waals surface area contributed by atoms with Crippen molar-refractivity contribution in [1.29, 1.82) is 0 Å². The van der Waals surface area contributed by atoms with Crippen LogP contribution in [0.3, 0.4) is 0 Å². The maximum atomic E-state index is 6.16. The molecule has 0 saturated carbocycles. The van der Waals surface area contributed by atoms with E-state index in [1.165, 1.54) is 25.9 Å². The van der Waals surface area contributed by atoms with Gasteiger partial charge in [-0.2, -0.15) is 0 Å². The number of piperidine rings is 1. The van der Waals surface area contributed by atoms with Crippen molar-refractivity contribution in [3.05, 3.63) is 0 Å². The van der Waals surface area contributed by atoms with Crippen LogP contribution in [0.15, 0.2) is 0 Å². The van der Waals surface area contributed by atoms with Crippen molar-refractivity contribution >= 4 is 12.4 Å². The van der Waals surface area contributed by atoms with E-state index >= 15 is 0 Å². The van der Waals surface area contributed by atoms with Crippen LogP contribution in [0, 0.1) is 11.3 Å². The number of halogens is 1. The number of ether oxygens (including phenoxy) is 1. The van der Waals surface area contributed by atoms with Crippen molar-refractivity contribution in [2.24, 2.45) is 17.1 Å². The SMILES string of the molecule is CC1(C)CN(CC2CCOCC2)CCC1N.Cl. The largest absolute Gasteiger partial charge is 0.381 e. The quantitative estimate of drug-likeness (QED) is 0.826. The molecule has 2 N–H and O–H groups in total. The van der Waals surface area contributed by atoms with E-state index in [-0.39, 0.29) is 17.8 Å². The molecule has 2 aliphatic heterocycles.